The van der Waals surface area contributed by atoms with Crippen LogP contribution in [0.5, 0.6) is 0 Å². The molecule has 1 N–H and O–H groups in total. The van der Waals surface area contributed by atoms with Crippen LogP contribution in [0, 0.1) is 0 Å². The minimum Gasteiger partial charge on any atom is -0.345 e. The number of hydrogen-bond donors (Lipinski definition) is 1. The Labute approximate surface area is 99.9 Å². The highest BCUT2D eigenvalue weighted by atomic mass is 15.0. The SMILES string of the molecule is CCC(C)c1nc(C(C)C)[nH]c1C(C)(C)C. The van der Waals surface area contributed by atoms with Crippen molar-refractivity contribution in [2.45, 2.75) is 72.1 Å². The van der Waals surface area contributed by atoms with E-state index in [1.807, 2.05) is 0 Å². The van der Waals surface area contributed by atoms with Gasteiger partial charge in [-0.2, -0.15) is 0 Å². The average molecular weight is 222 g/mol. The van der Waals surface area contributed by atoms with Gasteiger partial charge in [0.2, 0.25) is 0 Å². The second kappa shape index (κ2) is 4.60. The van der Waals surface area contributed by atoms with Gasteiger partial charge in [-0.1, -0.05) is 48.5 Å². The maximum absolute atomic E-state index is 4.79. The average Bonchev–Trinajstić information content (AvgIpc) is 2.60. The predicted octanol–water partition coefficient (Wildman–Crippen LogP) is 4.34. The quantitative estimate of drug-likeness (QED) is 0.809. The summed E-state index contributed by atoms with van der Waals surface area (Å²) >= 11 is 0. The van der Waals surface area contributed by atoms with Gasteiger partial charge in [-0.15, -0.1) is 0 Å². The molecular formula is C14H26N2. The van der Waals surface area contributed by atoms with Gasteiger partial charge >= 0.3 is 0 Å². The third kappa shape index (κ3) is 2.66. The Hall–Kier alpha value is -0.790. The number of nitrogens with zero attached hydrogens (tertiary/aromatic N) is 1. The summed E-state index contributed by atoms with van der Waals surface area (Å²) in [5, 5.41) is 0. The lowest BCUT2D eigenvalue weighted by Gasteiger charge is -2.20. The van der Waals surface area contributed by atoms with Gasteiger partial charge in [-0.05, 0) is 12.3 Å². The third-order valence-electron chi connectivity index (χ3n) is 3.13. The van der Waals surface area contributed by atoms with Crippen LogP contribution < -0.4 is 0 Å². The molecule has 0 radical (unpaired) electrons. The first-order valence-electron chi connectivity index (χ1n) is 6.37. The fourth-order valence-electron chi connectivity index (χ4n) is 1.80. The summed E-state index contributed by atoms with van der Waals surface area (Å²) in [5.41, 5.74) is 2.73. The van der Waals surface area contributed by atoms with Crippen LogP contribution in [0.3, 0.4) is 0 Å². The molecule has 1 aromatic rings. The van der Waals surface area contributed by atoms with Crippen molar-refractivity contribution in [2.75, 3.05) is 0 Å². The molecule has 0 aliphatic carbocycles. The maximum atomic E-state index is 4.79. The zero-order chi connectivity index (χ0) is 12.5. The molecule has 92 valence electrons. The van der Waals surface area contributed by atoms with Crippen LogP contribution in [-0.2, 0) is 5.41 Å². The van der Waals surface area contributed by atoms with E-state index in [1.165, 1.54) is 11.4 Å². The number of nitrogens with one attached hydrogen (secondary N) is 1. The van der Waals surface area contributed by atoms with E-state index in [4.69, 9.17) is 4.98 Å². The Morgan fingerprint density at radius 3 is 2.12 bits per heavy atom. The minimum atomic E-state index is 0.152. The summed E-state index contributed by atoms with van der Waals surface area (Å²) < 4.78 is 0. The molecule has 0 aromatic carbocycles. The highest BCUT2D eigenvalue weighted by Gasteiger charge is 2.25. The molecule has 0 spiro atoms. The minimum absolute atomic E-state index is 0.152. The predicted molar refractivity (Wildman–Crippen MR) is 70.1 cm³/mol. The van der Waals surface area contributed by atoms with E-state index in [9.17, 15) is 0 Å². The lowest BCUT2D eigenvalue weighted by atomic mass is 9.87. The first-order chi connectivity index (χ1) is 7.27. The smallest absolute Gasteiger partial charge is 0.109 e. The van der Waals surface area contributed by atoms with Crippen molar-refractivity contribution in [1.29, 1.82) is 0 Å². The molecule has 0 fully saturated rings. The number of imidazole rings is 1. The zero-order valence-electron chi connectivity index (χ0n) is 11.8. The molecular weight excluding hydrogens is 196 g/mol. The van der Waals surface area contributed by atoms with Crippen LogP contribution in [0.15, 0.2) is 0 Å². The highest BCUT2D eigenvalue weighted by Crippen LogP contribution is 2.31. The van der Waals surface area contributed by atoms with E-state index in [-0.39, 0.29) is 5.41 Å². The first kappa shape index (κ1) is 13.3. The first-order valence-corrected chi connectivity index (χ1v) is 6.37. The van der Waals surface area contributed by atoms with E-state index < -0.39 is 0 Å². The summed E-state index contributed by atoms with van der Waals surface area (Å²) in [6.45, 7) is 15.6. The van der Waals surface area contributed by atoms with Crippen molar-refractivity contribution in [3.8, 4) is 0 Å². The Morgan fingerprint density at radius 2 is 1.75 bits per heavy atom. The van der Waals surface area contributed by atoms with Crippen LogP contribution >= 0.6 is 0 Å². The monoisotopic (exact) mass is 222 g/mol. The molecule has 0 saturated heterocycles. The molecule has 1 aromatic heterocycles. The van der Waals surface area contributed by atoms with E-state index >= 15 is 0 Å². The molecule has 0 aliphatic rings. The second-order valence-electron chi connectivity index (χ2n) is 6.10. The molecule has 1 rings (SSSR count). The zero-order valence-corrected chi connectivity index (χ0v) is 11.8. The Kier molecular flexibility index (Phi) is 3.82. The second-order valence-corrected chi connectivity index (χ2v) is 6.10. The number of aromatic nitrogens is 2. The van der Waals surface area contributed by atoms with Crippen molar-refractivity contribution in [2.24, 2.45) is 0 Å². The fraction of sp³-hybridized carbons (Fsp3) is 0.786. The molecule has 0 saturated carbocycles. The Morgan fingerprint density at radius 1 is 1.19 bits per heavy atom. The lowest BCUT2D eigenvalue weighted by molar-refractivity contribution is 0.551. The van der Waals surface area contributed by atoms with E-state index in [0.717, 1.165) is 12.2 Å². The van der Waals surface area contributed by atoms with E-state index in [0.29, 0.717) is 11.8 Å². The number of aromatic amines is 1. The van der Waals surface area contributed by atoms with E-state index in [1.54, 1.807) is 0 Å². The summed E-state index contributed by atoms with van der Waals surface area (Å²) in [4.78, 5) is 8.32. The fourth-order valence-corrected chi connectivity index (χ4v) is 1.80. The molecule has 0 bridgehead atoms. The van der Waals surface area contributed by atoms with Crippen molar-refractivity contribution in [1.82, 2.24) is 9.97 Å². The van der Waals surface area contributed by atoms with Gasteiger partial charge in [0.1, 0.15) is 5.82 Å². The molecule has 16 heavy (non-hydrogen) atoms. The number of rotatable bonds is 3. The van der Waals surface area contributed by atoms with Gasteiger partial charge in [0.25, 0.3) is 0 Å². The lowest BCUT2D eigenvalue weighted by Crippen LogP contribution is -2.15. The van der Waals surface area contributed by atoms with E-state index in [2.05, 4.69) is 53.5 Å². The van der Waals surface area contributed by atoms with Crippen molar-refractivity contribution >= 4 is 0 Å². The van der Waals surface area contributed by atoms with Crippen molar-refractivity contribution < 1.29 is 0 Å². The largest absolute Gasteiger partial charge is 0.345 e. The van der Waals surface area contributed by atoms with Crippen molar-refractivity contribution in [3.05, 3.63) is 17.2 Å². The van der Waals surface area contributed by atoms with Crippen LogP contribution in [-0.4, -0.2) is 9.97 Å². The summed E-state index contributed by atoms with van der Waals surface area (Å²) in [7, 11) is 0. The normalized spacial score (nSPS) is 14.5. The van der Waals surface area contributed by atoms with Gasteiger partial charge in [0, 0.05) is 17.0 Å². The molecule has 1 heterocycles. The van der Waals surface area contributed by atoms with Gasteiger partial charge in [0.15, 0.2) is 0 Å². The standard InChI is InChI=1S/C14H26N2/c1-8-10(4)11-12(14(5,6)7)16-13(15-11)9(2)3/h9-10H,8H2,1-7H3,(H,15,16). The number of hydrogen-bond acceptors (Lipinski definition) is 1. The molecule has 1 unspecified atom stereocenters. The van der Waals surface area contributed by atoms with Gasteiger partial charge in [0.05, 0.1) is 5.69 Å². The van der Waals surface area contributed by atoms with Crippen LogP contribution in [0.2, 0.25) is 0 Å². The van der Waals surface area contributed by atoms with Crippen molar-refractivity contribution in [3.63, 3.8) is 0 Å². The maximum Gasteiger partial charge on any atom is 0.109 e. The topological polar surface area (TPSA) is 28.7 Å². The summed E-state index contributed by atoms with van der Waals surface area (Å²) in [6.07, 6.45) is 1.14. The molecule has 0 aliphatic heterocycles. The van der Waals surface area contributed by atoms with Crippen LogP contribution in [0.1, 0.15) is 83.9 Å². The van der Waals surface area contributed by atoms with Gasteiger partial charge in [-0.25, -0.2) is 4.98 Å². The number of H-pyrrole nitrogens is 1. The summed E-state index contributed by atoms with van der Waals surface area (Å²) in [6, 6.07) is 0. The Balaban J connectivity index is 3.23. The van der Waals surface area contributed by atoms with Crippen LogP contribution in [0.25, 0.3) is 0 Å². The Bertz CT molecular complexity index is 342. The molecule has 0 amide bonds. The van der Waals surface area contributed by atoms with Gasteiger partial charge in [-0.3, -0.25) is 0 Å². The highest BCUT2D eigenvalue weighted by molar-refractivity contribution is 5.26. The molecule has 2 nitrogen and oxygen atoms in total. The molecule has 1 atom stereocenters. The molecule has 2 heteroatoms. The third-order valence-corrected chi connectivity index (χ3v) is 3.13. The summed E-state index contributed by atoms with van der Waals surface area (Å²) in [5.74, 6) is 2.14. The van der Waals surface area contributed by atoms with Crippen LogP contribution in [0.4, 0.5) is 0 Å². The van der Waals surface area contributed by atoms with Gasteiger partial charge < -0.3 is 4.98 Å².